The molecule has 2 N–H and O–H groups in total. The van der Waals surface area contributed by atoms with Crippen LogP contribution in [0.5, 0.6) is 5.75 Å². The van der Waals surface area contributed by atoms with E-state index in [0.717, 1.165) is 0 Å². The molecule has 0 saturated carbocycles. The molecule has 4 nitrogen and oxygen atoms in total. The van der Waals surface area contributed by atoms with Crippen LogP contribution in [0, 0.1) is 5.82 Å². The van der Waals surface area contributed by atoms with E-state index in [1.807, 2.05) is 0 Å². The Morgan fingerprint density at radius 2 is 2.10 bits per heavy atom. The second-order valence-corrected chi connectivity index (χ2v) is 5.09. The van der Waals surface area contributed by atoms with Gasteiger partial charge in [-0.3, -0.25) is 0 Å². The molecule has 0 atom stereocenters. The van der Waals surface area contributed by atoms with Crippen LogP contribution in [-0.4, -0.2) is 13.1 Å². The molecule has 0 aromatic heterocycles. The monoisotopic (exact) mass is 353 g/mol. The van der Waals surface area contributed by atoms with E-state index >= 15 is 0 Å². The van der Waals surface area contributed by atoms with E-state index in [1.165, 1.54) is 19.2 Å². The molecule has 0 amide bonds. The summed E-state index contributed by atoms with van der Waals surface area (Å²) in [5, 5.41) is 0. The Balaban J connectivity index is 2.17. The number of nitrogens with two attached hydrogens (primary N) is 1. The lowest BCUT2D eigenvalue weighted by Gasteiger charge is -2.11. The molecule has 6 heteroatoms. The Morgan fingerprint density at radius 3 is 2.81 bits per heavy atom. The van der Waals surface area contributed by atoms with Crippen LogP contribution in [0.25, 0.3) is 0 Å². The summed E-state index contributed by atoms with van der Waals surface area (Å²) in [5.41, 5.74) is 6.72. The fourth-order valence-electron chi connectivity index (χ4n) is 1.81. The SMILES string of the molecule is COc1cccc(N)c1C(=O)OCc1cc(F)ccc1Br. The second-order valence-electron chi connectivity index (χ2n) is 4.24. The van der Waals surface area contributed by atoms with Crippen molar-refractivity contribution in [1.29, 1.82) is 0 Å². The number of hydrogen-bond acceptors (Lipinski definition) is 4. The van der Waals surface area contributed by atoms with E-state index in [2.05, 4.69) is 15.9 Å². The standard InChI is InChI=1S/C15H13BrFNO3/c1-20-13-4-2-3-12(18)14(13)15(19)21-8-9-7-10(17)5-6-11(9)16/h2-7H,8,18H2,1H3. The summed E-state index contributed by atoms with van der Waals surface area (Å²) in [6, 6.07) is 9.03. The molecule has 110 valence electrons. The highest BCUT2D eigenvalue weighted by molar-refractivity contribution is 9.10. The molecule has 21 heavy (non-hydrogen) atoms. The van der Waals surface area contributed by atoms with Gasteiger partial charge in [0.15, 0.2) is 0 Å². The number of anilines is 1. The Bertz CT molecular complexity index is 676. The van der Waals surface area contributed by atoms with Crippen LogP contribution in [-0.2, 0) is 11.3 Å². The average Bonchev–Trinajstić information content (AvgIpc) is 2.47. The Hall–Kier alpha value is -2.08. The number of methoxy groups -OCH3 is 1. The topological polar surface area (TPSA) is 61.5 Å². The molecule has 0 unspecified atom stereocenters. The molecule has 0 aliphatic rings. The van der Waals surface area contributed by atoms with Crippen LogP contribution < -0.4 is 10.5 Å². The van der Waals surface area contributed by atoms with Crippen molar-refractivity contribution < 1.29 is 18.7 Å². The van der Waals surface area contributed by atoms with Crippen LogP contribution in [0.3, 0.4) is 0 Å². The first-order valence-electron chi connectivity index (χ1n) is 6.06. The molecule has 2 aromatic rings. The Labute approximate surface area is 129 Å². The third kappa shape index (κ3) is 3.52. The number of carbonyl (C=O) groups is 1. The number of esters is 1. The zero-order valence-corrected chi connectivity index (χ0v) is 12.8. The van der Waals surface area contributed by atoms with Crippen molar-refractivity contribution in [1.82, 2.24) is 0 Å². The maximum absolute atomic E-state index is 13.2. The Kier molecular flexibility index (Phi) is 4.80. The quantitative estimate of drug-likeness (QED) is 0.674. The maximum Gasteiger partial charge on any atom is 0.344 e. The molecule has 2 aromatic carbocycles. The summed E-state index contributed by atoms with van der Waals surface area (Å²) in [6.07, 6.45) is 0. The van der Waals surface area contributed by atoms with E-state index in [9.17, 15) is 9.18 Å². The van der Waals surface area contributed by atoms with Crippen LogP contribution in [0.1, 0.15) is 15.9 Å². The molecule has 0 bridgehead atoms. The van der Waals surface area contributed by atoms with Gasteiger partial charge in [-0.15, -0.1) is 0 Å². The van der Waals surface area contributed by atoms with E-state index in [4.69, 9.17) is 15.2 Å². The van der Waals surface area contributed by atoms with E-state index in [0.29, 0.717) is 15.8 Å². The zero-order chi connectivity index (χ0) is 15.4. The largest absolute Gasteiger partial charge is 0.496 e. The van der Waals surface area contributed by atoms with Crippen LogP contribution in [0.4, 0.5) is 10.1 Å². The first-order chi connectivity index (χ1) is 10.0. The molecule has 0 spiro atoms. The van der Waals surface area contributed by atoms with Gasteiger partial charge in [-0.05, 0) is 30.3 Å². The van der Waals surface area contributed by atoms with Gasteiger partial charge in [0.25, 0.3) is 0 Å². The third-order valence-corrected chi connectivity index (χ3v) is 3.62. The van der Waals surface area contributed by atoms with Gasteiger partial charge >= 0.3 is 5.97 Å². The summed E-state index contributed by atoms with van der Waals surface area (Å²) >= 11 is 3.27. The normalized spacial score (nSPS) is 10.2. The van der Waals surface area contributed by atoms with Gasteiger partial charge in [-0.2, -0.15) is 0 Å². The number of nitrogen functional groups attached to an aromatic ring is 1. The molecular weight excluding hydrogens is 341 g/mol. The summed E-state index contributed by atoms with van der Waals surface area (Å²) < 4.78 is 24.1. The van der Waals surface area contributed by atoms with E-state index in [1.54, 1.807) is 24.3 Å². The number of carbonyl (C=O) groups excluding carboxylic acids is 1. The molecular formula is C15H13BrFNO3. The molecule has 0 fully saturated rings. The van der Waals surface area contributed by atoms with Crippen LogP contribution in [0.15, 0.2) is 40.9 Å². The highest BCUT2D eigenvalue weighted by Gasteiger charge is 2.17. The predicted octanol–water partition coefficient (Wildman–Crippen LogP) is 3.54. The predicted molar refractivity (Wildman–Crippen MR) is 80.6 cm³/mol. The highest BCUT2D eigenvalue weighted by Crippen LogP contribution is 2.26. The average molecular weight is 354 g/mol. The summed E-state index contributed by atoms with van der Waals surface area (Å²) in [6.45, 7) is -0.0747. The van der Waals surface area contributed by atoms with Crippen molar-refractivity contribution in [3.8, 4) is 5.75 Å². The van der Waals surface area contributed by atoms with Gasteiger partial charge in [0.2, 0.25) is 0 Å². The molecule has 0 aliphatic carbocycles. The molecule has 0 saturated heterocycles. The highest BCUT2D eigenvalue weighted by atomic mass is 79.9. The lowest BCUT2D eigenvalue weighted by Crippen LogP contribution is -2.10. The number of halogens is 2. The number of hydrogen-bond donors (Lipinski definition) is 1. The van der Waals surface area contributed by atoms with Crippen molar-refractivity contribution in [3.05, 3.63) is 57.8 Å². The minimum Gasteiger partial charge on any atom is -0.496 e. The van der Waals surface area contributed by atoms with Crippen LogP contribution in [0.2, 0.25) is 0 Å². The number of rotatable bonds is 4. The molecule has 0 aliphatic heterocycles. The number of benzene rings is 2. The van der Waals surface area contributed by atoms with Gasteiger partial charge in [-0.1, -0.05) is 22.0 Å². The van der Waals surface area contributed by atoms with Gasteiger partial charge in [-0.25, -0.2) is 9.18 Å². The van der Waals surface area contributed by atoms with Gasteiger partial charge in [0.1, 0.15) is 23.7 Å². The molecule has 0 radical (unpaired) electrons. The fraction of sp³-hybridized carbons (Fsp3) is 0.133. The molecule has 2 rings (SSSR count). The fourth-order valence-corrected chi connectivity index (χ4v) is 2.17. The van der Waals surface area contributed by atoms with Crippen molar-refractivity contribution in [2.75, 3.05) is 12.8 Å². The lowest BCUT2D eigenvalue weighted by molar-refractivity contribution is 0.0469. The smallest absolute Gasteiger partial charge is 0.344 e. The van der Waals surface area contributed by atoms with Crippen molar-refractivity contribution >= 4 is 27.6 Å². The minimum absolute atomic E-state index is 0.0747. The van der Waals surface area contributed by atoms with Gasteiger partial charge < -0.3 is 15.2 Å². The number of ether oxygens (including phenoxy) is 2. The van der Waals surface area contributed by atoms with E-state index in [-0.39, 0.29) is 17.9 Å². The van der Waals surface area contributed by atoms with Crippen LogP contribution >= 0.6 is 15.9 Å². The second kappa shape index (κ2) is 6.58. The minimum atomic E-state index is -0.624. The summed E-state index contributed by atoms with van der Waals surface area (Å²) in [4.78, 5) is 12.1. The van der Waals surface area contributed by atoms with Crippen molar-refractivity contribution in [2.24, 2.45) is 0 Å². The van der Waals surface area contributed by atoms with E-state index < -0.39 is 11.8 Å². The lowest BCUT2D eigenvalue weighted by atomic mass is 10.1. The summed E-state index contributed by atoms with van der Waals surface area (Å²) in [5.74, 6) is -0.694. The van der Waals surface area contributed by atoms with Gasteiger partial charge in [0.05, 0.1) is 7.11 Å². The summed E-state index contributed by atoms with van der Waals surface area (Å²) in [7, 11) is 1.44. The van der Waals surface area contributed by atoms with Gasteiger partial charge in [0, 0.05) is 15.7 Å². The maximum atomic E-state index is 13.2. The third-order valence-electron chi connectivity index (χ3n) is 2.85. The Morgan fingerprint density at radius 1 is 1.33 bits per heavy atom. The first-order valence-corrected chi connectivity index (χ1v) is 6.85. The van der Waals surface area contributed by atoms with Crippen molar-refractivity contribution in [3.63, 3.8) is 0 Å². The zero-order valence-electron chi connectivity index (χ0n) is 11.2. The molecule has 0 heterocycles. The first kappa shape index (κ1) is 15.3. The van der Waals surface area contributed by atoms with Crippen molar-refractivity contribution in [2.45, 2.75) is 6.61 Å².